The third-order valence-electron chi connectivity index (χ3n) is 5.32. The minimum Gasteiger partial charge on any atom is -0.454 e. The number of amides is 1. The smallest absolute Gasteiger partial charge is 0.236 e. The highest BCUT2D eigenvalue weighted by Crippen LogP contribution is 2.51. The molecule has 148 valence electrons. The van der Waals surface area contributed by atoms with Crippen LogP contribution in [0.25, 0.3) is 0 Å². The molecule has 1 atom stereocenters. The van der Waals surface area contributed by atoms with Gasteiger partial charge >= 0.3 is 0 Å². The molecule has 1 amide bonds. The van der Waals surface area contributed by atoms with Crippen molar-refractivity contribution < 1.29 is 19.4 Å². The molecule has 29 heavy (non-hydrogen) atoms. The maximum absolute atomic E-state index is 13.0. The highest BCUT2D eigenvalue weighted by Gasteiger charge is 2.52. The summed E-state index contributed by atoms with van der Waals surface area (Å²) in [6, 6.07) is 12.7. The summed E-state index contributed by atoms with van der Waals surface area (Å²) in [5.41, 5.74) is 0.940. The lowest BCUT2D eigenvalue weighted by Gasteiger charge is -2.15. The van der Waals surface area contributed by atoms with Gasteiger partial charge in [0.15, 0.2) is 16.6 Å². The fourth-order valence-corrected chi connectivity index (χ4v) is 4.56. The molecule has 6 nitrogen and oxygen atoms in total. The lowest BCUT2D eigenvalue weighted by Crippen LogP contribution is -2.27. The van der Waals surface area contributed by atoms with Crippen molar-refractivity contribution in [2.24, 2.45) is 0 Å². The molecule has 0 saturated heterocycles. The molecule has 2 N–H and O–H groups in total. The number of halogens is 1. The number of ether oxygens (including phenoxy) is 2. The average molecular weight is 429 g/mol. The monoisotopic (exact) mass is 428 g/mol. The number of hydrogen-bond donors (Lipinski definition) is 2. The summed E-state index contributed by atoms with van der Waals surface area (Å²) in [6.07, 6.45) is 2.20. The number of nitrogens with one attached hydrogen (secondary N) is 1. The van der Waals surface area contributed by atoms with E-state index >= 15 is 0 Å². The molecule has 1 aromatic heterocycles. The van der Waals surface area contributed by atoms with Crippen molar-refractivity contribution in [1.82, 2.24) is 4.98 Å². The van der Waals surface area contributed by atoms with E-state index in [4.69, 9.17) is 21.1 Å². The van der Waals surface area contributed by atoms with Gasteiger partial charge in [0.1, 0.15) is 6.10 Å². The van der Waals surface area contributed by atoms with Crippen molar-refractivity contribution in [3.05, 3.63) is 69.7 Å². The average Bonchev–Trinajstić information content (AvgIpc) is 3.18. The molecule has 8 heteroatoms. The van der Waals surface area contributed by atoms with Gasteiger partial charge in [-0.15, -0.1) is 0 Å². The number of anilines is 1. The highest BCUT2D eigenvalue weighted by molar-refractivity contribution is 7.15. The first-order valence-corrected chi connectivity index (χ1v) is 10.4. The van der Waals surface area contributed by atoms with Gasteiger partial charge in [-0.3, -0.25) is 4.79 Å². The zero-order chi connectivity index (χ0) is 20.0. The number of benzene rings is 2. The van der Waals surface area contributed by atoms with Gasteiger partial charge in [-0.25, -0.2) is 4.98 Å². The van der Waals surface area contributed by atoms with Crippen molar-refractivity contribution in [1.29, 1.82) is 0 Å². The third kappa shape index (κ3) is 3.25. The van der Waals surface area contributed by atoms with Gasteiger partial charge in [0, 0.05) is 16.8 Å². The number of hydrogen-bond acceptors (Lipinski definition) is 6. The van der Waals surface area contributed by atoms with Crippen LogP contribution in [-0.4, -0.2) is 22.8 Å². The molecule has 0 unspecified atom stereocenters. The Hall–Kier alpha value is -2.61. The van der Waals surface area contributed by atoms with Crippen molar-refractivity contribution in [3.63, 3.8) is 0 Å². The van der Waals surface area contributed by atoms with E-state index in [2.05, 4.69) is 10.3 Å². The predicted octanol–water partition coefficient (Wildman–Crippen LogP) is 4.28. The van der Waals surface area contributed by atoms with Gasteiger partial charge < -0.3 is 19.9 Å². The summed E-state index contributed by atoms with van der Waals surface area (Å²) in [4.78, 5) is 17.9. The first-order chi connectivity index (χ1) is 14.1. The van der Waals surface area contributed by atoms with E-state index in [-0.39, 0.29) is 12.7 Å². The van der Waals surface area contributed by atoms with Gasteiger partial charge in [0.2, 0.25) is 12.7 Å². The first kappa shape index (κ1) is 18.4. The molecule has 0 radical (unpaired) electrons. The summed E-state index contributed by atoms with van der Waals surface area (Å²) in [5, 5.41) is 14.4. The van der Waals surface area contributed by atoms with Crippen molar-refractivity contribution in [2.45, 2.75) is 24.4 Å². The van der Waals surface area contributed by atoms with Gasteiger partial charge in [-0.1, -0.05) is 47.2 Å². The molecule has 5 rings (SSSR count). The van der Waals surface area contributed by atoms with Gasteiger partial charge in [-0.05, 0) is 36.6 Å². The SMILES string of the molecule is O=C(Nc1ncc([C@H](O)c2ccccc2Cl)s1)C1(c2ccc3c(c2)OCO3)CC1. The Bertz CT molecular complexity index is 1100. The molecule has 0 spiro atoms. The Morgan fingerprint density at radius 2 is 2.00 bits per heavy atom. The molecule has 2 heterocycles. The Balaban J connectivity index is 1.33. The van der Waals surface area contributed by atoms with Crippen LogP contribution in [0.3, 0.4) is 0 Å². The van der Waals surface area contributed by atoms with E-state index < -0.39 is 11.5 Å². The van der Waals surface area contributed by atoms with Crippen LogP contribution in [0.5, 0.6) is 11.5 Å². The molecular formula is C21H17ClN2O4S. The zero-order valence-corrected chi connectivity index (χ0v) is 16.8. The van der Waals surface area contributed by atoms with Crippen LogP contribution >= 0.6 is 22.9 Å². The van der Waals surface area contributed by atoms with E-state index in [1.54, 1.807) is 18.3 Å². The Morgan fingerprint density at radius 1 is 1.21 bits per heavy atom. The van der Waals surface area contributed by atoms with E-state index in [0.29, 0.717) is 32.1 Å². The van der Waals surface area contributed by atoms with Crippen LogP contribution in [-0.2, 0) is 10.2 Å². The topological polar surface area (TPSA) is 80.7 Å². The van der Waals surface area contributed by atoms with Crippen LogP contribution < -0.4 is 14.8 Å². The Labute approximate surface area is 176 Å². The summed E-state index contributed by atoms with van der Waals surface area (Å²) >= 11 is 7.41. The van der Waals surface area contributed by atoms with E-state index in [9.17, 15) is 9.90 Å². The maximum Gasteiger partial charge on any atom is 0.236 e. The number of thiazole rings is 1. The van der Waals surface area contributed by atoms with Gasteiger partial charge in [0.05, 0.1) is 10.3 Å². The molecule has 0 bridgehead atoms. The number of aliphatic hydroxyl groups is 1. The number of carbonyl (C=O) groups excluding carboxylic acids is 1. The summed E-state index contributed by atoms with van der Waals surface area (Å²) in [7, 11) is 0. The van der Waals surface area contributed by atoms with E-state index in [1.165, 1.54) is 11.3 Å². The van der Waals surface area contributed by atoms with Crippen molar-refractivity contribution in [2.75, 3.05) is 12.1 Å². The Kier molecular flexibility index (Phi) is 4.46. The molecule has 2 aliphatic rings. The third-order valence-corrected chi connectivity index (χ3v) is 6.63. The number of aliphatic hydroxyl groups excluding tert-OH is 1. The fraction of sp³-hybridized carbons (Fsp3) is 0.238. The number of rotatable bonds is 5. The highest BCUT2D eigenvalue weighted by atomic mass is 35.5. The van der Waals surface area contributed by atoms with Gasteiger partial charge in [-0.2, -0.15) is 0 Å². The number of fused-ring (bicyclic) bond motifs is 1. The van der Waals surface area contributed by atoms with Crippen molar-refractivity contribution >= 4 is 34.0 Å². The molecule has 3 aromatic rings. The van der Waals surface area contributed by atoms with E-state index in [1.807, 2.05) is 30.3 Å². The second kappa shape index (κ2) is 7.02. The quantitative estimate of drug-likeness (QED) is 0.634. The molecular weight excluding hydrogens is 412 g/mol. The van der Waals surface area contributed by atoms with Crippen LogP contribution in [0.4, 0.5) is 5.13 Å². The molecule has 1 aliphatic heterocycles. The summed E-state index contributed by atoms with van der Waals surface area (Å²) in [5.74, 6) is 1.26. The lowest BCUT2D eigenvalue weighted by molar-refractivity contribution is -0.118. The fourth-order valence-electron chi connectivity index (χ4n) is 3.50. The second-order valence-electron chi connectivity index (χ2n) is 7.10. The van der Waals surface area contributed by atoms with Gasteiger partial charge in [0.25, 0.3) is 0 Å². The lowest BCUT2D eigenvalue weighted by atomic mass is 9.94. The molecule has 1 fully saturated rings. The van der Waals surface area contributed by atoms with Crippen LogP contribution in [0.2, 0.25) is 5.02 Å². The predicted molar refractivity (Wildman–Crippen MR) is 110 cm³/mol. The first-order valence-electron chi connectivity index (χ1n) is 9.17. The summed E-state index contributed by atoms with van der Waals surface area (Å²) in [6.45, 7) is 0.202. The standard InChI is InChI=1S/C21H17ClN2O4S/c22-14-4-2-1-3-13(14)18(25)17-10-23-20(29-17)24-19(26)21(7-8-21)12-5-6-15-16(9-12)28-11-27-15/h1-6,9-10,18,25H,7-8,11H2,(H,23,24,26)/t18-/m1/s1. The minimum atomic E-state index is -0.893. The molecule has 2 aromatic carbocycles. The number of carbonyl (C=O) groups is 1. The second-order valence-corrected chi connectivity index (χ2v) is 8.57. The van der Waals surface area contributed by atoms with Crippen LogP contribution in [0.15, 0.2) is 48.7 Å². The Morgan fingerprint density at radius 3 is 2.79 bits per heavy atom. The number of nitrogens with zero attached hydrogens (tertiary/aromatic N) is 1. The minimum absolute atomic E-state index is 0.107. The normalized spacial score (nSPS) is 17.0. The van der Waals surface area contributed by atoms with Crippen LogP contribution in [0.1, 0.15) is 34.9 Å². The number of aromatic nitrogens is 1. The molecule has 1 saturated carbocycles. The van der Waals surface area contributed by atoms with E-state index in [0.717, 1.165) is 18.4 Å². The maximum atomic E-state index is 13.0. The zero-order valence-electron chi connectivity index (χ0n) is 15.2. The summed E-state index contributed by atoms with van der Waals surface area (Å²) < 4.78 is 10.8. The van der Waals surface area contributed by atoms with Crippen molar-refractivity contribution in [3.8, 4) is 11.5 Å². The molecule has 1 aliphatic carbocycles. The van der Waals surface area contributed by atoms with Crippen LogP contribution in [0, 0.1) is 0 Å². The largest absolute Gasteiger partial charge is 0.454 e.